The molecule has 0 unspecified atom stereocenters. The molecule has 0 saturated heterocycles. The molecule has 8 heteroatoms. The van der Waals surface area contributed by atoms with Crippen LogP contribution in [0.25, 0.3) is 0 Å². The second-order valence-electron chi connectivity index (χ2n) is 5.73. The highest BCUT2D eigenvalue weighted by atomic mass is 35.5. The maximum atomic E-state index is 13.1. The number of rotatable bonds is 5. The third-order valence-corrected chi connectivity index (χ3v) is 5.81. The van der Waals surface area contributed by atoms with E-state index in [4.69, 9.17) is 17.3 Å². The van der Waals surface area contributed by atoms with E-state index in [0.29, 0.717) is 16.3 Å². The number of carbonyl (C=O) groups excluding carboxylic acids is 1. The van der Waals surface area contributed by atoms with Crippen molar-refractivity contribution in [2.45, 2.75) is 11.4 Å². The summed E-state index contributed by atoms with van der Waals surface area (Å²) in [5, 5.41) is 0.398. The van der Waals surface area contributed by atoms with E-state index in [2.05, 4.69) is 4.98 Å². The minimum Gasteiger partial charge on any atom is -0.399 e. The fraction of sp³-hybridized carbons (Fsp3) is 0.0526. The molecule has 0 fully saturated rings. The summed E-state index contributed by atoms with van der Waals surface area (Å²) >= 11 is 5.85. The molecule has 1 amide bonds. The maximum Gasteiger partial charge on any atom is 0.286 e. The zero-order chi connectivity index (χ0) is 19.4. The van der Waals surface area contributed by atoms with Gasteiger partial charge < -0.3 is 5.73 Å². The summed E-state index contributed by atoms with van der Waals surface area (Å²) in [6, 6.07) is 17.0. The van der Waals surface area contributed by atoms with Gasteiger partial charge in [0.25, 0.3) is 15.9 Å². The number of aromatic nitrogens is 1. The van der Waals surface area contributed by atoms with Gasteiger partial charge in [-0.25, -0.2) is 12.7 Å². The predicted octanol–water partition coefficient (Wildman–Crippen LogP) is 3.35. The van der Waals surface area contributed by atoms with Crippen molar-refractivity contribution in [3.63, 3.8) is 0 Å². The first kappa shape index (κ1) is 18.9. The van der Waals surface area contributed by atoms with E-state index < -0.39 is 15.9 Å². The van der Waals surface area contributed by atoms with Crippen LogP contribution >= 0.6 is 11.6 Å². The second kappa shape index (κ2) is 7.77. The summed E-state index contributed by atoms with van der Waals surface area (Å²) in [7, 11) is -4.12. The van der Waals surface area contributed by atoms with Gasteiger partial charge in [-0.15, -0.1) is 0 Å². The van der Waals surface area contributed by atoms with E-state index in [0.717, 1.165) is 4.31 Å². The Labute approximate surface area is 162 Å². The Morgan fingerprint density at radius 1 is 1.00 bits per heavy atom. The molecule has 0 radical (unpaired) electrons. The van der Waals surface area contributed by atoms with Crippen molar-refractivity contribution < 1.29 is 13.2 Å². The molecule has 1 heterocycles. The molecule has 2 N–H and O–H groups in total. The van der Waals surface area contributed by atoms with Gasteiger partial charge >= 0.3 is 0 Å². The van der Waals surface area contributed by atoms with Gasteiger partial charge in [0.05, 0.1) is 11.4 Å². The van der Waals surface area contributed by atoms with Gasteiger partial charge in [0.1, 0.15) is 5.69 Å². The van der Waals surface area contributed by atoms with E-state index >= 15 is 0 Å². The van der Waals surface area contributed by atoms with Crippen LogP contribution in [0.4, 0.5) is 5.69 Å². The summed E-state index contributed by atoms with van der Waals surface area (Å²) in [5.74, 6) is -0.720. The third-order valence-electron chi connectivity index (χ3n) is 3.82. The first-order valence-corrected chi connectivity index (χ1v) is 9.78. The molecule has 0 aliphatic carbocycles. The Bertz CT molecular complexity index is 1040. The zero-order valence-corrected chi connectivity index (χ0v) is 15.7. The molecule has 3 aromatic rings. The number of hydrogen-bond donors (Lipinski definition) is 1. The largest absolute Gasteiger partial charge is 0.399 e. The van der Waals surface area contributed by atoms with Crippen LogP contribution in [-0.4, -0.2) is 23.6 Å². The maximum absolute atomic E-state index is 13.1. The fourth-order valence-corrected chi connectivity index (χ4v) is 3.90. The molecule has 0 bridgehead atoms. The van der Waals surface area contributed by atoms with Gasteiger partial charge in [0.15, 0.2) is 0 Å². The van der Waals surface area contributed by atoms with E-state index in [-0.39, 0.29) is 17.1 Å². The molecular formula is C19H16ClN3O3S. The average Bonchev–Trinajstić information content (AvgIpc) is 2.68. The Kier molecular flexibility index (Phi) is 5.43. The zero-order valence-electron chi connectivity index (χ0n) is 14.1. The lowest BCUT2D eigenvalue weighted by Crippen LogP contribution is -2.36. The number of nitrogens with zero attached hydrogens (tertiary/aromatic N) is 2. The third kappa shape index (κ3) is 4.27. The van der Waals surface area contributed by atoms with E-state index in [1.54, 1.807) is 36.4 Å². The summed E-state index contributed by atoms with van der Waals surface area (Å²) in [4.78, 5) is 16.9. The van der Waals surface area contributed by atoms with Crippen LogP contribution in [0.3, 0.4) is 0 Å². The minimum atomic E-state index is -4.12. The summed E-state index contributed by atoms with van der Waals surface area (Å²) < 4.78 is 27.1. The van der Waals surface area contributed by atoms with Crippen LogP contribution in [0.5, 0.6) is 0 Å². The molecule has 0 aliphatic heterocycles. The van der Waals surface area contributed by atoms with Crippen molar-refractivity contribution in [2.75, 3.05) is 5.73 Å². The number of anilines is 1. The number of sulfonamides is 1. The topological polar surface area (TPSA) is 93.4 Å². The van der Waals surface area contributed by atoms with Crippen LogP contribution in [0.2, 0.25) is 5.02 Å². The summed E-state index contributed by atoms with van der Waals surface area (Å²) in [6.07, 6.45) is 1.43. The van der Waals surface area contributed by atoms with Crippen molar-refractivity contribution in [1.82, 2.24) is 9.29 Å². The van der Waals surface area contributed by atoms with Crippen molar-refractivity contribution in [3.05, 3.63) is 89.2 Å². The van der Waals surface area contributed by atoms with Gasteiger partial charge in [-0.05, 0) is 54.1 Å². The van der Waals surface area contributed by atoms with Gasteiger partial charge in [-0.3, -0.25) is 9.78 Å². The molecule has 0 atom stereocenters. The van der Waals surface area contributed by atoms with Gasteiger partial charge in [0.2, 0.25) is 0 Å². The van der Waals surface area contributed by atoms with Crippen molar-refractivity contribution in [2.24, 2.45) is 0 Å². The lowest BCUT2D eigenvalue weighted by atomic mass is 10.2. The van der Waals surface area contributed by atoms with Crippen LogP contribution in [0.15, 0.2) is 77.8 Å². The molecular weight excluding hydrogens is 386 g/mol. The normalized spacial score (nSPS) is 11.1. The number of hydrogen-bond acceptors (Lipinski definition) is 5. The number of nitrogen functional groups attached to an aromatic ring is 1. The highest BCUT2D eigenvalue weighted by molar-refractivity contribution is 7.89. The predicted molar refractivity (Wildman–Crippen MR) is 104 cm³/mol. The number of amides is 1. The van der Waals surface area contributed by atoms with Gasteiger partial charge in [-0.2, -0.15) is 0 Å². The number of benzene rings is 2. The van der Waals surface area contributed by atoms with Gasteiger partial charge in [0, 0.05) is 16.9 Å². The average molecular weight is 402 g/mol. The second-order valence-corrected chi connectivity index (χ2v) is 8.03. The smallest absolute Gasteiger partial charge is 0.286 e. The van der Waals surface area contributed by atoms with Gasteiger partial charge in [-0.1, -0.05) is 29.8 Å². The Morgan fingerprint density at radius 2 is 1.67 bits per heavy atom. The van der Waals surface area contributed by atoms with Crippen LogP contribution < -0.4 is 5.73 Å². The first-order chi connectivity index (χ1) is 12.9. The SMILES string of the molecule is Nc1ccc(CN(C(=O)c2ccccn2)S(=O)(=O)c2ccc(Cl)cc2)cc1. The highest BCUT2D eigenvalue weighted by Gasteiger charge is 2.31. The van der Waals surface area contributed by atoms with Crippen LogP contribution in [-0.2, 0) is 16.6 Å². The van der Waals surface area contributed by atoms with E-state index in [9.17, 15) is 13.2 Å². The number of pyridine rings is 1. The number of carbonyl (C=O) groups is 1. The Morgan fingerprint density at radius 3 is 2.26 bits per heavy atom. The lowest BCUT2D eigenvalue weighted by molar-refractivity contribution is 0.0849. The number of halogens is 1. The first-order valence-electron chi connectivity index (χ1n) is 7.96. The monoisotopic (exact) mass is 401 g/mol. The van der Waals surface area contributed by atoms with Crippen molar-refractivity contribution in [3.8, 4) is 0 Å². The quantitative estimate of drug-likeness (QED) is 0.661. The molecule has 1 aromatic heterocycles. The lowest BCUT2D eigenvalue weighted by Gasteiger charge is -2.22. The fourth-order valence-electron chi connectivity index (χ4n) is 2.41. The van der Waals surface area contributed by atoms with Crippen LogP contribution in [0, 0.1) is 0 Å². The minimum absolute atomic E-state index is 0.0329. The van der Waals surface area contributed by atoms with E-state index in [1.807, 2.05) is 0 Å². The summed E-state index contributed by atoms with van der Waals surface area (Å²) in [6.45, 7) is -0.152. The molecule has 2 aromatic carbocycles. The Balaban J connectivity index is 2.04. The van der Waals surface area contributed by atoms with Crippen LogP contribution in [0.1, 0.15) is 16.1 Å². The standard InChI is InChI=1S/C19H16ClN3O3S/c20-15-6-10-17(11-7-15)27(25,26)23(13-14-4-8-16(21)9-5-14)19(24)18-3-1-2-12-22-18/h1-12H,13,21H2. The number of nitrogens with two attached hydrogens (primary N) is 1. The molecule has 0 aliphatic rings. The van der Waals surface area contributed by atoms with Crippen molar-refractivity contribution in [1.29, 1.82) is 0 Å². The highest BCUT2D eigenvalue weighted by Crippen LogP contribution is 2.22. The van der Waals surface area contributed by atoms with Crippen molar-refractivity contribution >= 4 is 33.2 Å². The molecule has 0 saturated carbocycles. The Hall–Kier alpha value is -2.90. The molecule has 138 valence electrons. The molecule has 6 nitrogen and oxygen atoms in total. The molecule has 3 rings (SSSR count). The van der Waals surface area contributed by atoms with E-state index in [1.165, 1.54) is 36.5 Å². The summed E-state index contributed by atoms with van der Waals surface area (Å²) in [5.41, 5.74) is 6.87. The molecule has 0 spiro atoms. The molecule has 27 heavy (non-hydrogen) atoms.